The first-order chi connectivity index (χ1) is 6.70. The molecule has 0 aliphatic heterocycles. The lowest BCUT2D eigenvalue weighted by atomic mass is 10.2. The van der Waals surface area contributed by atoms with E-state index < -0.39 is 0 Å². The van der Waals surface area contributed by atoms with E-state index in [2.05, 4.69) is 0 Å². The zero-order chi connectivity index (χ0) is 10.6. The fourth-order valence-corrected chi connectivity index (χ4v) is 1.44. The van der Waals surface area contributed by atoms with Crippen LogP contribution in [0.1, 0.15) is 26.2 Å². The lowest BCUT2D eigenvalue weighted by Gasteiger charge is -2.24. The van der Waals surface area contributed by atoms with Gasteiger partial charge in [-0.1, -0.05) is 6.92 Å². The van der Waals surface area contributed by atoms with E-state index in [1.54, 1.807) is 7.11 Å². The van der Waals surface area contributed by atoms with Gasteiger partial charge in [0.05, 0.1) is 12.6 Å². The summed E-state index contributed by atoms with van der Waals surface area (Å²) in [5, 5.41) is 0. The molecule has 1 aliphatic rings. The zero-order valence-electron chi connectivity index (χ0n) is 9.03. The molecule has 0 saturated heterocycles. The Balaban J connectivity index is 2.44. The van der Waals surface area contributed by atoms with E-state index in [9.17, 15) is 4.79 Å². The van der Waals surface area contributed by atoms with Crippen molar-refractivity contribution in [1.29, 1.82) is 0 Å². The molecule has 82 valence electrons. The molecular formula is C10H20N2O2. The maximum Gasteiger partial charge on any atom is 0.239 e. The molecule has 2 N–H and O–H groups in total. The van der Waals surface area contributed by atoms with E-state index in [0.29, 0.717) is 25.6 Å². The van der Waals surface area contributed by atoms with Crippen molar-refractivity contribution in [2.75, 3.05) is 20.3 Å². The molecule has 1 saturated carbocycles. The third kappa shape index (κ3) is 2.96. The van der Waals surface area contributed by atoms with E-state index in [-0.39, 0.29) is 11.9 Å². The normalized spacial score (nSPS) is 17.9. The van der Waals surface area contributed by atoms with Gasteiger partial charge < -0.3 is 15.4 Å². The average molecular weight is 200 g/mol. The molecule has 1 rings (SSSR count). The van der Waals surface area contributed by atoms with Gasteiger partial charge in [0, 0.05) is 19.7 Å². The van der Waals surface area contributed by atoms with Crippen LogP contribution in [-0.2, 0) is 9.53 Å². The molecule has 0 aromatic heterocycles. The molecule has 0 heterocycles. The summed E-state index contributed by atoms with van der Waals surface area (Å²) in [5.74, 6) is 0.0760. The van der Waals surface area contributed by atoms with Crippen molar-refractivity contribution in [3.8, 4) is 0 Å². The molecule has 0 aromatic carbocycles. The summed E-state index contributed by atoms with van der Waals surface area (Å²) < 4.78 is 4.98. The number of rotatable bonds is 6. The van der Waals surface area contributed by atoms with Crippen LogP contribution in [-0.4, -0.2) is 43.2 Å². The Morgan fingerprint density at radius 2 is 2.29 bits per heavy atom. The maximum atomic E-state index is 11.8. The van der Waals surface area contributed by atoms with E-state index in [1.165, 1.54) is 0 Å². The predicted octanol–water partition coefficient (Wildman–Crippen LogP) is 0.361. The van der Waals surface area contributed by atoms with Crippen molar-refractivity contribution < 1.29 is 9.53 Å². The van der Waals surface area contributed by atoms with E-state index in [1.807, 2.05) is 11.8 Å². The van der Waals surface area contributed by atoms with Gasteiger partial charge in [-0.05, 0) is 19.3 Å². The van der Waals surface area contributed by atoms with E-state index in [0.717, 1.165) is 12.8 Å². The van der Waals surface area contributed by atoms with Crippen LogP contribution in [0, 0.1) is 0 Å². The van der Waals surface area contributed by atoms with Gasteiger partial charge >= 0.3 is 0 Å². The summed E-state index contributed by atoms with van der Waals surface area (Å²) in [6.07, 6.45) is 2.94. The number of amides is 1. The Bertz CT molecular complexity index is 193. The molecular weight excluding hydrogens is 180 g/mol. The first-order valence-corrected chi connectivity index (χ1v) is 5.25. The minimum absolute atomic E-state index is 0.0760. The molecule has 1 fully saturated rings. The topological polar surface area (TPSA) is 55.6 Å². The number of hydrogen-bond acceptors (Lipinski definition) is 3. The lowest BCUT2D eigenvalue weighted by Crippen LogP contribution is -2.45. The van der Waals surface area contributed by atoms with Gasteiger partial charge in [-0.25, -0.2) is 0 Å². The van der Waals surface area contributed by atoms with Crippen molar-refractivity contribution in [3.05, 3.63) is 0 Å². The van der Waals surface area contributed by atoms with Crippen molar-refractivity contribution >= 4 is 5.91 Å². The SMILES string of the molecule is CC[C@H](N)C(=O)N(CCOC)C1CC1. The monoisotopic (exact) mass is 200 g/mol. The van der Waals surface area contributed by atoms with Crippen LogP contribution in [0.3, 0.4) is 0 Å². The minimum Gasteiger partial charge on any atom is -0.383 e. The molecule has 0 radical (unpaired) electrons. The highest BCUT2D eigenvalue weighted by Gasteiger charge is 2.33. The number of methoxy groups -OCH3 is 1. The summed E-state index contributed by atoms with van der Waals surface area (Å²) in [7, 11) is 1.65. The Morgan fingerprint density at radius 3 is 2.71 bits per heavy atom. The summed E-state index contributed by atoms with van der Waals surface area (Å²) in [6.45, 7) is 3.20. The summed E-state index contributed by atoms with van der Waals surface area (Å²) in [4.78, 5) is 13.7. The van der Waals surface area contributed by atoms with Crippen LogP contribution in [0.4, 0.5) is 0 Å². The van der Waals surface area contributed by atoms with Crippen LogP contribution in [0.2, 0.25) is 0 Å². The van der Waals surface area contributed by atoms with Crippen LogP contribution in [0.25, 0.3) is 0 Å². The molecule has 0 unspecified atom stereocenters. The highest BCUT2D eigenvalue weighted by atomic mass is 16.5. The average Bonchev–Trinajstić information content (AvgIpc) is 3.01. The minimum atomic E-state index is -0.340. The Hall–Kier alpha value is -0.610. The molecule has 4 nitrogen and oxygen atoms in total. The summed E-state index contributed by atoms with van der Waals surface area (Å²) in [5.41, 5.74) is 5.72. The molecule has 1 atom stereocenters. The third-order valence-electron chi connectivity index (χ3n) is 2.56. The molecule has 0 bridgehead atoms. The van der Waals surface area contributed by atoms with Crippen molar-refractivity contribution in [3.63, 3.8) is 0 Å². The molecule has 14 heavy (non-hydrogen) atoms. The second-order valence-electron chi connectivity index (χ2n) is 3.77. The Morgan fingerprint density at radius 1 is 1.64 bits per heavy atom. The standard InChI is InChI=1S/C10H20N2O2/c1-3-9(11)10(13)12(6-7-14-2)8-4-5-8/h8-9H,3-7,11H2,1-2H3/t9-/m0/s1. The quantitative estimate of drug-likeness (QED) is 0.673. The van der Waals surface area contributed by atoms with Gasteiger partial charge in [0.25, 0.3) is 0 Å². The zero-order valence-corrected chi connectivity index (χ0v) is 9.03. The van der Waals surface area contributed by atoms with Gasteiger partial charge in [-0.2, -0.15) is 0 Å². The number of nitrogens with two attached hydrogens (primary N) is 1. The number of nitrogens with zero attached hydrogens (tertiary/aromatic N) is 1. The fraction of sp³-hybridized carbons (Fsp3) is 0.900. The predicted molar refractivity (Wildman–Crippen MR) is 54.9 cm³/mol. The highest BCUT2D eigenvalue weighted by molar-refractivity contribution is 5.82. The van der Waals surface area contributed by atoms with Gasteiger partial charge in [-0.3, -0.25) is 4.79 Å². The largest absolute Gasteiger partial charge is 0.383 e. The maximum absolute atomic E-state index is 11.8. The lowest BCUT2D eigenvalue weighted by molar-refractivity contribution is -0.133. The highest BCUT2D eigenvalue weighted by Crippen LogP contribution is 2.27. The number of hydrogen-bond donors (Lipinski definition) is 1. The Labute approximate surface area is 85.4 Å². The first-order valence-electron chi connectivity index (χ1n) is 5.25. The second-order valence-corrected chi connectivity index (χ2v) is 3.77. The van der Waals surface area contributed by atoms with Gasteiger partial charge in [0.15, 0.2) is 0 Å². The van der Waals surface area contributed by atoms with Crippen LogP contribution < -0.4 is 5.73 Å². The Kier molecular flexibility index (Phi) is 4.35. The van der Waals surface area contributed by atoms with Gasteiger partial charge in [0.1, 0.15) is 0 Å². The second kappa shape index (κ2) is 5.32. The smallest absolute Gasteiger partial charge is 0.239 e. The van der Waals surface area contributed by atoms with Crippen molar-refractivity contribution in [2.45, 2.75) is 38.3 Å². The molecule has 1 aliphatic carbocycles. The molecule has 4 heteroatoms. The number of carbonyl (C=O) groups excluding carboxylic acids is 1. The van der Waals surface area contributed by atoms with Crippen LogP contribution in [0.5, 0.6) is 0 Å². The fourth-order valence-electron chi connectivity index (χ4n) is 1.44. The van der Waals surface area contributed by atoms with Crippen molar-refractivity contribution in [1.82, 2.24) is 4.90 Å². The van der Waals surface area contributed by atoms with E-state index >= 15 is 0 Å². The van der Waals surface area contributed by atoms with Gasteiger partial charge in [-0.15, -0.1) is 0 Å². The summed E-state index contributed by atoms with van der Waals surface area (Å²) >= 11 is 0. The number of ether oxygens (including phenoxy) is 1. The van der Waals surface area contributed by atoms with Crippen LogP contribution >= 0.6 is 0 Å². The third-order valence-corrected chi connectivity index (χ3v) is 2.56. The van der Waals surface area contributed by atoms with Crippen LogP contribution in [0.15, 0.2) is 0 Å². The van der Waals surface area contributed by atoms with Gasteiger partial charge in [0.2, 0.25) is 5.91 Å². The van der Waals surface area contributed by atoms with E-state index in [4.69, 9.17) is 10.5 Å². The number of carbonyl (C=O) groups is 1. The molecule has 1 amide bonds. The first kappa shape index (κ1) is 11.5. The molecule has 0 spiro atoms. The molecule has 0 aromatic rings. The summed E-state index contributed by atoms with van der Waals surface area (Å²) in [6, 6.07) is 0.0858. The van der Waals surface area contributed by atoms with Crippen molar-refractivity contribution in [2.24, 2.45) is 5.73 Å².